The first-order valence-corrected chi connectivity index (χ1v) is 9.91. The molecule has 1 aliphatic heterocycles. The van der Waals surface area contributed by atoms with Gasteiger partial charge in [0.25, 0.3) is 0 Å². The van der Waals surface area contributed by atoms with Gasteiger partial charge in [-0.1, -0.05) is 6.07 Å². The van der Waals surface area contributed by atoms with Crippen molar-refractivity contribution < 1.29 is 4.74 Å². The second kappa shape index (κ2) is 6.83. The van der Waals surface area contributed by atoms with Gasteiger partial charge in [0.2, 0.25) is 5.88 Å². The Kier molecular flexibility index (Phi) is 4.19. The van der Waals surface area contributed by atoms with E-state index >= 15 is 0 Å². The minimum Gasteiger partial charge on any atom is -0.477 e. The summed E-state index contributed by atoms with van der Waals surface area (Å²) in [4.78, 5) is 11.4. The Morgan fingerprint density at radius 1 is 1.11 bits per heavy atom. The van der Waals surface area contributed by atoms with E-state index in [0.717, 1.165) is 55.3 Å². The number of pyridine rings is 1. The highest BCUT2D eigenvalue weighted by atomic mass is 16.5. The molecular formula is C21H25N5O. The molecule has 140 valence electrons. The van der Waals surface area contributed by atoms with E-state index in [1.165, 1.54) is 18.5 Å². The molecule has 0 spiro atoms. The van der Waals surface area contributed by atoms with Crippen LogP contribution in [-0.2, 0) is 0 Å². The number of hydrogen-bond acceptors (Lipinski definition) is 5. The lowest BCUT2D eigenvalue weighted by molar-refractivity contribution is 0.215. The molecule has 1 saturated carbocycles. The summed E-state index contributed by atoms with van der Waals surface area (Å²) in [6.07, 6.45) is 10.4. The monoisotopic (exact) mass is 363 g/mol. The van der Waals surface area contributed by atoms with Crippen LogP contribution in [0.15, 0.2) is 36.8 Å². The van der Waals surface area contributed by atoms with Crippen molar-refractivity contribution in [2.75, 3.05) is 24.6 Å². The molecule has 0 aromatic carbocycles. The van der Waals surface area contributed by atoms with Gasteiger partial charge < -0.3 is 9.64 Å². The third-order valence-corrected chi connectivity index (χ3v) is 5.72. The fourth-order valence-corrected chi connectivity index (χ4v) is 3.88. The first-order valence-electron chi connectivity index (χ1n) is 9.91. The van der Waals surface area contributed by atoms with Crippen molar-refractivity contribution in [1.29, 1.82) is 0 Å². The molecule has 6 heteroatoms. The molecule has 0 bridgehead atoms. The molecule has 27 heavy (non-hydrogen) atoms. The Labute approximate surface area is 159 Å². The van der Waals surface area contributed by atoms with E-state index in [4.69, 9.17) is 9.84 Å². The molecule has 0 unspecified atom stereocenters. The van der Waals surface area contributed by atoms with Crippen LogP contribution in [0.5, 0.6) is 5.88 Å². The van der Waals surface area contributed by atoms with E-state index in [-0.39, 0.29) is 0 Å². The Morgan fingerprint density at radius 3 is 2.74 bits per heavy atom. The highest BCUT2D eigenvalue weighted by Gasteiger charge is 2.28. The molecule has 1 aliphatic carbocycles. The van der Waals surface area contributed by atoms with Crippen molar-refractivity contribution in [3.8, 4) is 5.88 Å². The number of hydrogen-bond donors (Lipinski definition) is 0. The smallest absolute Gasteiger partial charge is 0.216 e. The van der Waals surface area contributed by atoms with E-state index < -0.39 is 0 Å². The molecule has 3 aromatic rings. The largest absolute Gasteiger partial charge is 0.477 e. The summed E-state index contributed by atoms with van der Waals surface area (Å²) >= 11 is 0. The van der Waals surface area contributed by atoms with E-state index in [0.29, 0.717) is 11.8 Å². The molecule has 0 atom stereocenters. The Balaban J connectivity index is 1.24. The van der Waals surface area contributed by atoms with Crippen LogP contribution >= 0.6 is 0 Å². The van der Waals surface area contributed by atoms with Crippen LogP contribution < -0.4 is 9.64 Å². The van der Waals surface area contributed by atoms with Gasteiger partial charge in [-0.3, -0.25) is 0 Å². The van der Waals surface area contributed by atoms with Crippen molar-refractivity contribution in [2.45, 2.75) is 38.5 Å². The van der Waals surface area contributed by atoms with Gasteiger partial charge in [0, 0.05) is 43.2 Å². The van der Waals surface area contributed by atoms with Crippen molar-refractivity contribution in [3.05, 3.63) is 48.0 Å². The van der Waals surface area contributed by atoms with E-state index in [9.17, 15) is 0 Å². The van der Waals surface area contributed by atoms with Crippen molar-refractivity contribution in [3.63, 3.8) is 0 Å². The average molecular weight is 363 g/mol. The fraction of sp³-hybridized carbons (Fsp3) is 0.476. The molecule has 6 nitrogen and oxygen atoms in total. The highest BCUT2D eigenvalue weighted by Crippen LogP contribution is 2.40. The molecule has 0 amide bonds. The SMILES string of the molecule is Cc1cccnc1OCC1CCN(c2nccn3nc(C4CC4)cc23)CC1. The van der Waals surface area contributed by atoms with Gasteiger partial charge in [-0.15, -0.1) is 0 Å². The number of rotatable bonds is 5. The maximum atomic E-state index is 5.96. The summed E-state index contributed by atoms with van der Waals surface area (Å²) in [7, 11) is 0. The number of aryl methyl sites for hydroxylation is 1. The Hall–Kier alpha value is -2.63. The molecule has 4 heterocycles. The Morgan fingerprint density at radius 2 is 1.96 bits per heavy atom. The fourth-order valence-electron chi connectivity index (χ4n) is 3.88. The molecule has 1 saturated heterocycles. The van der Waals surface area contributed by atoms with Gasteiger partial charge in [-0.25, -0.2) is 14.5 Å². The van der Waals surface area contributed by atoms with Crippen LogP contribution in [0.2, 0.25) is 0 Å². The van der Waals surface area contributed by atoms with Gasteiger partial charge in [-0.2, -0.15) is 5.10 Å². The first-order chi connectivity index (χ1) is 13.3. The predicted molar refractivity (Wildman–Crippen MR) is 104 cm³/mol. The second-order valence-electron chi connectivity index (χ2n) is 7.79. The molecule has 2 aliphatic rings. The quantitative estimate of drug-likeness (QED) is 0.693. The van der Waals surface area contributed by atoms with Crippen LogP contribution in [0, 0.1) is 12.8 Å². The van der Waals surface area contributed by atoms with Crippen molar-refractivity contribution >= 4 is 11.3 Å². The number of nitrogens with zero attached hydrogens (tertiary/aromatic N) is 5. The zero-order valence-corrected chi connectivity index (χ0v) is 15.7. The average Bonchev–Trinajstić information content (AvgIpc) is 3.46. The van der Waals surface area contributed by atoms with Crippen molar-refractivity contribution in [1.82, 2.24) is 19.6 Å². The second-order valence-corrected chi connectivity index (χ2v) is 7.79. The van der Waals surface area contributed by atoms with Gasteiger partial charge in [0.05, 0.1) is 12.3 Å². The molecule has 0 radical (unpaired) electrons. The predicted octanol–water partition coefficient (Wildman–Crippen LogP) is 3.61. The van der Waals surface area contributed by atoms with E-state index in [1.807, 2.05) is 36.0 Å². The minimum absolute atomic E-state index is 0.564. The highest BCUT2D eigenvalue weighted by molar-refractivity contribution is 5.69. The van der Waals surface area contributed by atoms with Gasteiger partial charge in [0.15, 0.2) is 5.82 Å². The number of aromatic nitrogens is 4. The van der Waals surface area contributed by atoms with Gasteiger partial charge in [-0.05, 0) is 50.7 Å². The van der Waals surface area contributed by atoms with E-state index in [1.54, 1.807) is 6.20 Å². The zero-order valence-electron chi connectivity index (χ0n) is 15.7. The zero-order chi connectivity index (χ0) is 18.2. The van der Waals surface area contributed by atoms with Crippen LogP contribution in [0.25, 0.3) is 5.52 Å². The molecule has 2 fully saturated rings. The summed E-state index contributed by atoms with van der Waals surface area (Å²) in [5.41, 5.74) is 3.45. The third kappa shape index (κ3) is 3.36. The van der Waals surface area contributed by atoms with Crippen LogP contribution in [0.1, 0.15) is 42.9 Å². The summed E-state index contributed by atoms with van der Waals surface area (Å²) in [5.74, 6) is 3.06. The van der Waals surface area contributed by atoms with Gasteiger partial charge >= 0.3 is 0 Å². The third-order valence-electron chi connectivity index (χ3n) is 5.72. The standard InChI is InChI=1S/C21H25N5O/c1-15-3-2-8-23-21(15)27-14-16-6-10-25(11-7-16)20-19-13-18(17-4-5-17)24-26(19)12-9-22-20/h2-3,8-9,12-13,16-17H,4-7,10-11,14H2,1H3. The lowest BCUT2D eigenvalue weighted by Gasteiger charge is -2.32. The maximum absolute atomic E-state index is 5.96. The summed E-state index contributed by atoms with van der Waals surface area (Å²) in [6.45, 7) is 4.79. The van der Waals surface area contributed by atoms with Crippen LogP contribution in [-0.4, -0.2) is 39.3 Å². The molecular weight excluding hydrogens is 338 g/mol. The maximum Gasteiger partial charge on any atom is 0.216 e. The number of ether oxygens (including phenoxy) is 1. The van der Waals surface area contributed by atoms with Crippen LogP contribution in [0.4, 0.5) is 5.82 Å². The normalized spacial score (nSPS) is 18.2. The number of piperidine rings is 1. The molecule has 0 N–H and O–H groups in total. The Bertz CT molecular complexity index is 941. The minimum atomic E-state index is 0.564. The molecule has 5 rings (SSSR count). The van der Waals surface area contributed by atoms with Crippen LogP contribution in [0.3, 0.4) is 0 Å². The topological polar surface area (TPSA) is 55.5 Å². The summed E-state index contributed by atoms with van der Waals surface area (Å²) in [5, 5.41) is 4.74. The van der Waals surface area contributed by atoms with Gasteiger partial charge in [0.1, 0.15) is 5.52 Å². The van der Waals surface area contributed by atoms with E-state index in [2.05, 4.69) is 20.9 Å². The lowest BCUT2D eigenvalue weighted by Crippen LogP contribution is -2.36. The lowest BCUT2D eigenvalue weighted by atomic mass is 9.98. The number of fused-ring (bicyclic) bond motifs is 1. The van der Waals surface area contributed by atoms with Crippen molar-refractivity contribution in [2.24, 2.45) is 5.92 Å². The summed E-state index contributed by atoms with van der Waals surface area (Å²) < 4.78 is 7.96. The molecule has 3 aromatic heterocycles. The number of anilines is 1. The summed E-state index contributed by atoms with van der Waals surface area (Å²) in [6, 6.07) is 6.22. The first kappa shape index (κ1) is 16.5.